The highest BCUT2D eigenvalue weighted by Crippen LogP contribution is 2.19. The topological polar surface area (TPSA) is 113 Å². The molecular formula is C16H19NO6. The lowest BCUT2D eigenvalue weighted by Crippen LogP contribution is -2.41. The molecule has 0 bridgehead atoms. The van der Waals surface area contributed by atoms with Crippen LogP contribution in [0.15, 0.2) is 30.3 Å². The highest BCUT2D eigenvalue weighted by atomic mass is 16.5. The number of benzene rings is 1. The van der Waals surface area contributed by atoms with Crippen molar-refractivity contribution in [1.29, 1.82) is 0 Å². The zero-order valence-corrected chi connectivity index (χ0v) is 12.7. The van der Waals surface area contributed by atoms with Gasteiger partial charge in [0.15, 0.2) is 0 Å². The van der Waals surface area contributed by atoms with E-state index in [1.54, 1.807) is 24.3 Å². The van der Waals surface area contributed by atoms with Crippen molar-refractivity contribution in [3.63, 3.8) is 0 Å². The van der Waals surface area contributed by atoms with Crippen molar-refractivity contribution in [2.75, 3.05) is 6.61 Å². The van der Waals surface area contributed by atoms with E-state index in [0.717, 1.165) is 12.5 Å². The van der Waals surface area contributed by atoms with Crippen LogP contribution < -0.4 is 10.1 Å². The normalized spacial score (nSPS) is 11.9. The SMILES string of the molecule is CCCOc1ccccc1/C=C/C(=O)NC(CC(=O)O)C(=O)O. The highest BCUT2D eigenvalue weighted by Gasteiger charge is 2.21. The third-order valence-electron chi connectivity index (χ3n) is 2.79. The summed E-state index contributed by atoms with van der Waals surface area (Å²) in [4.78, 5) is 33.2. The van der Waals surface area contributed by atoms with Crippen molar-refractivity contribution in [3.05, 3.63) is 35.9 Å². The molecule has 0 heterocycles. The van der Waals surface area contributed by atoms with Crippen LogP contribution in [0.3, 0.4) is 0 Å². The number of carbonyl (C=O) groups excluding carboxylic acids is 1. The molecule has 1 aromatic carbocycles. The van der Waals surface area contributed by atoms with E-state index in [-0.39, 0.29) is 0 Å². The monoisotopic (exact) mass is 321 g/mol. The predicted octanol–water partition coefficient (Wildman–Crippen LogP) is 1.53. The number of rotatable bonds is 9. The van der Waals surface area contributed by atoms with E-state index in [0.29, 0.717) is 17.9 Å². The molecule has 7 nitrogen and oxygen atoms in total. The number of ether oxygens (including phenoxy) is 1. The van der Waals surface area contributed by atoms with Crippen LogP contribution in [0.5, 0.6) is 5.75 Å². The van der Waals surface area contributed by atoms with E-state index in [9.17, 15) is 14.4 Å². The standard InChI is InChI=1S/C16H19NO6/c1-2-9-23-13-6-4-3-5-11(13)7-8-14(18)17-12(16(21)22)10-15(19)20/h3-8,12H,2,9-10H2,1H3,(H,17,18)(H,19,20)(H,21,22)/b8-7+. The molecule has 0 saturated carbocycles. The Morgan fingerprint density at radius 3 is 2.57 bits per heavy atom. The molecule has 0 spiro atoms. The lowest BCUT2D eigenvalue weighted by molar-refractivity contribution is -0.146. The molecular weight excluding hydrogens is 302 g/mol. The third-order valence-corrected chi connectivity index (χ3v) is 2.79. The van der Waals surface area contributed by atoms with Crippen LogP contribution >= 0.6 is 0 Å². The van der Waals surface area contributed by atoms with Gasteiger partial charge in [-0.2, -0.15) is 0 Å². The lowest BCUT2D eigenvalue weighted by atomic mass is 10.1. The van der Waals surface area contributed by atoms with E-state index in [4.69, 9.17) is 14.9 Å². The van der Waals surface area contributed by atoms with Gasteiger partial charge in [0.05, 0.1) is 13.0 Å². The summed E-state index contributed by atoms with van der Waals surface area (Å²) in [7, 11) is 0. The van der Waals surface area contributed by atoms with Crippen LogP contribution in [0.1, 0.15) is 25.3 Å². The third kappa shape index (κ3) is 6.64. The molecule has 1 unspecified atom stereocenters. The first-order valence-corrected chi connectivity index (χ1v) is 7.09. The molecule has 7 heteroatoms. The lowest BCUT2D eigenvalue weighted by Gasteiger charge is -2.10. The Bertz CT molecular complexity index is 596. The summed E-state index contributed by atoms with van der Waals surface area (Å²) in [5.74, 6) is -2.79. The average molecular weight is 321 g/mol. The van der Waals surface area contributed by atoms with Crippen molar-refractivity contribution < 1.29 is 29.3 Å². The summed E-state index contributed by atoms with van der Waals surface area (Å²) in [6, 6.07) is 5.62. The van der Waals surface area contributed by atoms with Gasteiger partial charge in [-0.25, -0.2) is 4.79 Å². The molecule has 0 radical (unpaired) electrons. The fraction of sp³-hybridized carbons (Fsp3) is 0.312. The number of amides is 1. The molecule has 0 aliphatic rings. The number of aliphatic carboxylic acids is 2. The molecule has 23 heavy (non-hydrogen) atoms. The summed E-state index contributed by atoms with van der Waals surface area (Å²) in [6.45, 7) is 2.51. The summed E-state index contributed by atoms with van der Waals surface area (Å²) in [5, 5.41) is 19.6. The molecule has 0 aliphatic heterocycles. The van der Waals surface area contributed by atoms with Gasteiger partial charge < -0.3 is 20.3 Å². The van der Waals surface area contributed by atoms with Gasteiger partial charge in [0.2, 0.25) is 5.91 Å². The van der Waals surface area contributed by atoms with Gasteiger partial charge >= 0.3 is 11.9 Å². The molecule has 1 rings (SSSR count). The van der Waals surface area contributed by atoms with Crippen molar-refractivity contribution in [2.45, 2.75) is 25.8 Å². The smallest absolute Gasteiger partial charge is 0.326 e. The maximum Gasteiger partial charge on any atom is 0.326 e. The first kappa shape index (κ1) is 18.2. The highest BCUT2D eigenvalue weighted by molar-refractivity contribution is 5.95. The van der Waals surface area contributed by atoms with Crippen LogP contribution in [-0.2, 0) is 14.4 Å². The van der Waals surface area contributed by atoms with E-state index >= 15 is 0 Å². The minimum Gasteiger partial charge on any atom is -0.493 e. The van der Waals surface area contributed by atoms with E-state index in [1.807, 2.05) is 6.92 Å². The molecule has 1 amide bonds. The minimum absolute atomic E-state index is 0.538. The van der Waals surface area contributed by atoms with Gasteiger partial charge in [0.1, 0.15) is 11.8 Å². The Morgan fingerprint density at radius 1 is 1.26 bits per heavy atom. The van der Waals surface area contributed by atoms with Crippen molar-refractivity contribution in [2.24, 2.45) is 0 Å². The van der Waals surface area contributed by atoms with Crippen molar-refractivity contribution in [3.8, 4) is 5.75 Å². The quantitative estimate of drug-likeness (QED) is 0.595. The summed E-state index contributed by atoms with van der Waals surface area (Å²) in [5.41, 5.74) is 0.668. The fourth-order valence-electron chi connectivity index (χ4n) is 1.72. The number of para-hydroxylation sites is 1. The maximum atomic E-state index is 11.7. The Labute approximate surface area is 133 Å². The zero-order chi connectivity index (χ0) is 17.2. The summed E-state index contributed by atoms with van der Waals surface area (Å²) >= 11 is 0. The van der Waals surface area contributed by atoms with Crippen LogP contribution in [0.4, 0.5) is 0 Å². The average Bonchev–Trinajstić information content (AvgIpc) is 2.50. The van der Waals surface area contributed by atoms with E-state index in [1.165, 1.54) is 6.08 Å². The predicted molar refractivity (Wildman–Crippen MR) is 83.1 cm³/mol. The maximum absolute atomic E-state index is 11.7. The molecule has 124 valence electrons. The van der Waals surface area contributed by atoms with Crippen LogP contribution in [0.25, 0.3) is 6.08 Å². The number of nitrogens with one attached hydrogen (secondary N) is 1. The molecule has 0 saturated heterocycles. The van der Waals surface area contributed by atoms with Crippen LogP contribution in [-0.4, -0.2) is 40.7 Å². The number of hydrogen-bond acceptors (Lipinski definition) is 4. The molecule has 1 aromatic rings. The first-order valence-electron chi connectivity index (χ1n) is 7.09. The largest absolute Gasteiger partial charge is 0.493 e. The molecule has 0 aliphatic carbocycles. The van der Waals surface area contributed by atoms with Crippen LogP contribution in [0, 0.1) is 0 Å². The zero-order valence-electron chi connectivity index (χ0n) is 12.7. The first-order chi connectivity index (χ1) is 10.9. The molecule has 0 fully saturated rings. The van der Waals surface area contributed by atoms with Crippen molar-refractivity contribution >= 4 is 23.9 Å². The number of carboxylic acid groups (broad SMARTS) is 2. The number of hydrogen-bond donors (Lipinski definition) is 3. The summed E-state index contributed by atoms with van der Waals surface area (Å²) in [6.07, 6.45) is 2.78. The Morgan fingerprint density at radius 2 is 1.96 bits per heavy atom. The Balaban J connectivity index is 2.74. The van der Waals surface area contributed by atoms with Gasteiger partial charge in [0, 0.05) is 11.6 Å². The van der Waals surface area contributed by atoms with Crippen LogP contribution in [0.2, 0.25) is 0 Å². The minimum atomic E-state index is -1.48. The fourth-order valence-corrected chi connectivity index (χ4v) is 1.72. The van der Waals surface area contributed by atoms with Gasteiger partial charge in [-0.15, -0.1) is 0 Å². The van der Waals surface area contributed by atoms with E-state index in [2.05, 4.69) is 5.32 Å². The summed E-state index contributed by atoms with van der Waals surface area (Å²) < 4.78 is 5.54. The van der Waals surface area contributed by atoms with Gasteiger partial charge in [-0.1, -0.05) is 25.1 Å². The van der Waals surface area contributed by atoms with E-state index < -0.39 is 30.3 Å². The number of carbonyl (C=O) groups is 3. The molecule has 0 aromatic heterocycles. The molecule has 3 N–H and O–H groups in total. The van der Waals surface area contributed by atoms with Crippen molar-refractivity contribution in [1.82, 2.24) is 5.32 Å². The van der Waals surface area contributed by atoms with Gasteiger partial charge in [0.25, 0.3) is 0 Å². The Kier molecular flexibility index (Phi) is 7.32. The molecule has 1 atom stereocenters. The van der Waals surface area contributed by atoms with Gasteiger partial charge in [-0.05, 0) is 18.6 Å². The van der Waals surface area contributed by atoms with Gasteiger partial charge in [-0.3, -0.25) is 9.59 Å². The Hall–Kier alpha value is -2.83. The second-order valence-corrected chi connectivity index (χ2v) is 4.72. The second kappa shape index (κ2) is 9.24. The number of carboxylic acids is 2. The second-order valence-electron chi connectivity index (χ2n) is 4.72.